The Bertz CT molecular complexity index is 885. The maximum absolute atomic E-state index is 14.7. The van der Waals surface area contributed by atoms with Gasteiger partial charge in [-0.25, -0.2) is 5.84 Å². The summed E-state index contributed by atoms with van der Waals surface area (Å²) in [6, 6.07) is 6.60. The van der Waals surface area contributed by atoms with Crippen molar-refractivity contribution in [2.24, 2.45) is 11.0 Å². The minimum atomic E-state index is -3.53. The molecule has 0 bridgehead atoms. The Morgan fingerprint density at radius 1 is 1.35 bits per heavy atom. The van der Waals surface area contributed by atoms with Crippen molar-refractivity contribution in [2.45, 2.75) is 18.9 Å². The van der Waals surface area contributed by atoms with Crippen LogP contribution in [0.25, 0.3) is 0 Å². The van der Waals surface area contributed by atoms with Crippen LogP contribution in [0.15, 0.2) is 40.3 Å². The monoisotopic (exact) mass is 365 g/mol. The van der Waals surface area contributed by atoms with Gasteiger partial charge in [-0.2, -0.15) is 13.8 Å². The second kappa shape index (κ2) is 6.69. The lowest BCUT2D eigenvalue weighted by Gasteiger charge is -2.24. The lowest BCUT2D eigenvalue weighted by Crippen LogP contribution is -2.46. The number of aromatic amines is 1. The van der Waals surface area contributed by atoms with E-state index in [-0.39, 0.29) is 23.6 Å². The van der Waals surface area contributed by atoms with E-state index < -0.39 is 23.3 Å². The number of halogens is 2. The first-order valence-corrected chi connectivity index (χ1v) is 7.62. The molecule has 1 atom stereocenters. The van der Waals surface area contributed by atoms with Gasteiger partial charge in [0.05, 0.1) is 12.3 Å². The van der Waals surface area contributed by atoms with Crippen molar-refractivity contribution >= 4 is 17.2 Å². The van der Waals surface area contributed by atoms with Crippen molar-refractivity contribution in [3.05, 3.63) is 52.1 Å². The van der Waals surface area contributed by atoms with E-state index in [0.717, 1.165) is 5.01 Å². The highest BCUT2D eigenvalue weighted by molar-refractivity contribution is 5.88. The first-order valence-electron chi connectivity index (χ1n) is 7.62. The molecule has 1 aromatic carbocycles. The predicted octanol–water partition coefficient (Wildman–Crippen LogP) is 0.452. The summed E-state index contributed by atoms with van der Waals surface area (Å²) in [4.78, 5) is 22.5. The summed E-state index contributed by atoms with van der Waals surface area (Å²) in [5.74, 6) is 1.36. The number of hydrogen-bond donors (Lipinski definition) is 4. The minimum Gasteiger partial charge on any atom is -0.391 e. The molecule has 26 heavy (non-hydrogen) atoms. The predicted molar refractivity (Wildman–Crippen MR) is 91.4 cm³/mol. The van der Waals surface area contributed by atoms with Gasteiger partial charge in [0.2, 0.25) is 0 Å². The number of anilines is 2. The van der Waals surface area contributed by atoms with E-state index in [2.05, 4.69) is 20.6 Å². The minimum absolute atomic E-state index is 0.0653. The average molecular weight is 365 g/mol. The van der Waals surface area contributed by atoms with Crippen molar-refractivity contribution in [1.82, 2.24) is 15.4 Å². The molecule has 0 aliphatic carbocycles. The number of hydrazine groups is 1. The molecule has 0 amide bonds. The van der Waals surface area contributed by atoms with Crippen molar-refractivity contribution in [2.75, 3.05) is 17.3 Å². The SMILES string of the molecule is CC1=NONC1CN(N)c1[nH]c(C(F)(F)c2ccccc2)nc(=O)c1N. The van der Waals surface area contributed by atoms with Gasteiger partial charge in [0.25, 0.3) is 5.56 Å². The van der Waals surface area contributed by atoms with Gasteiger partial charge in [-0.1, -0.05) is 35.5 Å². The van der Waals surface area contributed by atoms with Crippen LogP contribution in [0.2, 0.25) is 0 Å². The third kappa shape index (κ3) is 3.21. The van der Waals surface area contributed by atoms with Crippen LogP contribution in [-0.2, 0) is 10.9 Å². The second-order valence-corrected chi connectivity index (χ2v) is 5.74. The number of nitrogens with two attached hydrogens (primary N) is 2. The second-order valence-electron chi connectivity index (χ2n) is 5.74. The number of H-pyrrole nitrogens is 1. The van der Waals surface area contributed by atoms with E-state index >= 15 is 0 Å². The molecule has 9 nitrogen and oxygen atoms in total. The van der Waals surface area contributed by atoms with E-state index in [9.17, 15) is 13.6 Å². The van der Waals surface area contributed by atoms with Gasteiger partial charge in [0, 0.05) is 5.56 Å². The van der Waals surface area contributed by atoms with Crippen LogP contribution in [0.3, 0.4) is 0 Å². The molecule has 138 valence electrons. The normalized spacial score (nSPS) is 16.9. The number of nitrogen functional groups attached to an aromatic ring is 1. The van der Waals surface area contributed by atoms with Crippen molar-refractivity contribution in [3.8, 4) is 0 Å². The highest BCUT2D eigenvalue weighted by Gasteiger charge is 2.38. The molecule has 1 aliphatic rings. The van der Waals surface area contributed by atoms with Gasteiger partial charge < -0.3 is 10.7 Å². The highest BCUT2D eigenvalue weighted by atomic mass is 19.3. The van der Waals surface area contributed by atoms with E-state index in [4.69, 9.17) is 16.5 Å². The summed E-state index contributed by atoms with van der Waals surface area (Å²) in [6.45, 7) is 1.77. The van der Waals surface area contributed by atoms with E-state index in [1.807, 2.05) is 0 Å². The lowest BCUT2D eigenvalue weighted by atomic mass is 10.1. The van der Waals surface area contributed by atoms with E-state index in [1.54, 1.807) is 13.0 Å². The van der Waals surface area contributed by atoms with E-state index in [0.29, 0.717) is 5.71 Å². The summed E-state index contributed by atoms with van der Waals surface area (Å²) in [5, 5.41) is 4.72. The third-order valence-electron chi connectivity index (χ3n) is 3.92. The van der Waals surface area contributed by atoms with Gasteiger partial charge >= 0.3 is 5.92 Å². The quantitative estimate of drug-likeness (QED) is 0.446. The molecule has 11 heteroatoms. The van der Waals surface area contributed by atoms with Gasteiger partial charge in [0.1, 0.15) is 11.7 Å². The summed E-state index contributed by atoms with van der Waals surface area (Å²) in [5.41, 5.74) is 7.19. The zero-order valence-corrected chi connectivity index (χ0v) is 13.7. The number of oxime groups is 1. The van der Waals surface area contributed by atoms with Crippen LogP contribution >= 0.6 is 0 Å². The molecule has 2 aromatic rings. The maximum atomic E-state index is 14.7. The third-order valence-corrected chi connectivity index (χ3v) is 3.92. The summed E-state index contributed by atoms with van der Waals surface area (Å²) in [6.07, 6.45) is 0. The Morgan fingerprint density at radius 3 is 2.65 bits per heavy atom. The molecule has 0 spiro atoms. The fourth-order valence-electron chi connectivity index (χ4n) is 2.40. The molecule has 2 heterocycles. The molecule has 0 radical (unpaired) electrons. The fourth-order valence-corrected chi connectivity index (χ4v) is 2.40. The summed E-state index contributed by atoms with van der Waals surface area (Å²) >= 11 is 0. The van der Waals surface area contributed by atoms with Crippen LogP contribution in [0.5, 0.6) is 0 Å². The molecule has 6 N–H and O–H groups in total. The van der Waals surface area contributed by atoms with Crippen LogP contribution in [-0.4, -0.2) is 28.3 Å². The Kier molecular flexibility index (Phi) is 4.57. The van der Waals surface area contributed by atoms with Crippen LogP contribution in [0.4, 0.5) is 20.3 Å². The number of alkyl halides is 2. The van der Waals surface area contributed by atoms with Gasteiger partial charge in [0.15, 0.2) is 11.6 Å². The molecule has 1 aromatic heterocycles. The number of hydrogen-bond acceptors (Lipinski definition) is 8. The topological polar surface area (TPSA) is 135 Å². The van der Waals surface area contributed by atoms with Crippen LogP contribution in [0.1, 0.15) is 18.3 Å². The van der Waals surface area contributed by atoms with Crippen molar-refractivity contribution in [3.63, 3.8) is 0 Å². The number of rotatable bonds is 5. The molecule has 0 saturated heterocycles. The first-order chi connectivity index (χ1) is 12.3. The Labute approximate surface area is 146 Å². The van der Waals surface area contributed by atoms with Gasteiger partial charge in [-0.15, -0.1) is 5.48 Å². The smallest absolute Gasteiger partial charge is 0.330 e. The summed E-state index contributed by atoms with van der Waals surface area (Å²) < 4.78 is 29.5. The van der Waals surface area contributed by atoms with Gasteiger partial charge in [-0.05, 0) is 6.92 Å². The Hall–Kier alpha value is -3.05. The standard InChI is InChI=1S/C15H17F2N7O2/c1-8-10(23-26-22-8)7-24(19)12-11(18)13(25)21-14(20-12)15(16,17)9-5-3-2-4-6-9/h2-6,10,23H,7,18-19H2,1H3,(H,20,21,25). The highest BCUT2D eigenvalue weighted by Crippen LogP contribution is 2.33. The number of hydroxylamine groups is 1. The molecule has 0 saturated carbocycles. The molecule has 3 rings (SSSR count). The van der Waals surface area contributed by atoms with E-state index in [1.165, 1.54) is 24.3 Å². The fraction of sp³-hybridized carbons (Fsp3) is 0.267. The molecule has 1 aliphatic heterocycles. The summed E-state index contributed by atoms with van der Waals surface area (Å²) in [7, 11) is 0. The number of aromatic nitrogens is 2. The first kappa shape index (κ1) is 17.8. The van der Waals surface area contributed by atoms with Crippen LogP contribution < -0.4 is 27.6 Å². The molecule has 0 fully saturated rings. The van der Waals surface area contributed by atoms with Crippen LogP contribution in [0, 0.1) is 0 Å². The maximum Gasteiger partial charge on any atom is 0.330 e. The van der Waals surface area contributed by atoms with Crippen molar-refractivity contribution in [1.29, 1.82) is 0 Å². The lowest BCUT2D eigenvalue weighted by molar-refractivity contribution is 0.0326. The molecular weight excluding hydrogens is 348 g/mol. The van der Waals surface area contributed by atoms with Gasteiger partial charge in [-0.3, -0.25) is 14.7 Å². The Morgan fingerprint density at radius 2 is 2.04 bits per heavy atom. The zero-order valence-electron chi connectivity index (χ0n) is 13.7. The number of benzene rings is 1. The molecular formula is C15H17F2N7O2. The van der Waals surface area contributed by atoms with Crippen molar-refractivity contribution < 1.29 is 13.7 Å². The Balaban J connectivity index is 1.97. The number of nitrogens with zero attached hydrogens (tertiary/aromatic N) is 3. The largest absolute Gasteiger partial charge is 0.391 e. The average Bonchev–Trinajstić information content (AvgIpc) is 3.02. The zero-order chi connectivity index (χ0) is 18.9. The molecule has 1 unspecified atom stereocenters. The number of nitrogens with one attached hydrogen (secondary N) is 2.